The van der Waals surface area contributed by atoms with E-state index in [2.05, 4.69) is 36.7 Å². The first-order chi connectivity index (χ1) is 8.49. The molecule has 0 spiro atoms. The van der Waals surface area contributed by atoms with Crippen LogP contribution in [-0.4, -0.2) is 42.9 Å². The maximum Gasteiger partial charge on any atom is 0.407 e. The van der Waals surface area contributed by atoms with E-state index in [4.69, 9.17) is 4.74 Å². The molecule has 0 rings (SSSR count). The molecule has 0 bridgehead atoms. The first kappa shape index (κ1) is 18.2. The molecule has 1 amide bonds. The molecule has 19 heavy (non-hydrogen) atoms. The van der Waals surface area contributed by atoms with E-state index in [1.54, 1.807) is 0 Å². The summed E-state index contributed by atoms with van der Waals surface area (Å²) in [5, 5.41) is 9.49. The zero-order chi connectivity index (χ0) is 15.1. The summed E-state index contributed by atoms with van der Waals surface area (Å²) in [5.74, 6) is 0. The minimum atomic E-state index is -0.447. The molecule has 0 radical (unpaired) electrons. The van der Waals surface area contributed by atoms with Crippen LogP contribution in [0.2, 0.25) is 0 Å². The summed E-state index contributed by atoms with van der Waals surface area (Å²) in [5.41, 5.74) is -0.308. The lowest BCUT2D eigenvalue weighted by atomic mass is 10.1. The van der Waals surface area contributed by atoms with E-state index in [-0.39, 0.29) is 17.7 Å². The molecule has 0 aromatic carbocycles. The fourth-order valence-electron chi connectivity index (χ4n) is 1.38. The van der Waals surface area contributed by atoms with Crippen LogP contribution in [0.4, 0.5) is 4.79 Å². The van der Waals surface area contributed by atoms with Crippen LogP contribution >= 0.6 is 0 Å². The van der Waals surface area contributed by atoms with E-state index >= 15 is 0 Å². The van der Waals surface area contributed by atoms with Crippen molar-refractivity contribution in [3.63, 3.8) is 0 Å². The SMILES string of the molecule is CC(CNC(=O)OC(C)(C)C)NCCNC(C)(C)C. The molecule has 0 heterocycles. The van der Waals surface area contributed by atoms with Crippen molar-refractivity contribution >= 4 is 6.09 Å². The monoisotopic (exact) mass is 273 g/mol. The van der Waals surface area contributed by atoms with Crippen molar-refractivity contribution in [2.24, 2.45) is 0 Å². The lowest BCUT2D eigenvalue weighted by Gasteiger charge is -2.23. The first-order valence-electron chi connectivity index (χ1n) is 6.95. The minimum Gasteiger partial charge on any atom is -0.444 e. The van der Waals surface area contributed by atoms with E-state index in [9.17, 15) is 4.79 Å². The summed E-state index contributed by atoms with van der Waals surface area (Å²) in [4.78, 5) is 11.5. The fourth-order valence-corrected chi connectivity index (χ4v) is 1.38. The van der Waals surface area contributed by atoms with Gasteiger partial charge in [0, 0.05) is 31.2 Å². The van der Waals surface area contributed by atoms with Gasteiger partial charge >= 0.3 is 6.09 Å². The number of carbonyl (C=O) groups excluding carboxylic acids is 1. The molecular formula is C14H31N3O2. The Balaban J connectivity index is 3.65. The van der Waals surface area contributed by atoms with Gasteiger partial charge in [-0.05, 0) is 48.5 Å². The Morgan fingerprint density at radius 1 is 1.11 bits per heavy atom. The van der Waals surface area contributed by atoms with Gasteiger partial charge in [-0.2, -0.15) is 0 Å². The number of amides is 1. The van der Waals surface area contributed by atoms with Gasteiger partial charge in [-0.1, -0.05) is 0 Å². The average Bonchev–Trinajstić information content (AvgIpc) is 2.17. The van der Waals surface area contributed by atoms with Crippen molar-refractivity contribution in [2.45, 2.75) is 65.6 Å². The van der Waals surface area contributed by atoms with Crippen LogP contribution in [0.1, 0.15) is 48.5 Å². The van der Waals surface area contributed by atoms with Gasteiger partial charge in [0.15, 0.2) is 0 Å². The lowest BCUT2D eigenvalue weighted by Crippen LogP contribution is -2.45. The maximum atomic E-state index is 11.5. The number of hydrogen-bond acceptors (Lipinski definition) is 4. The van der Waals surface area contributed by atoms with Crippen LogP contribution in [0.3, 0.4) is 0 Å². The molecule has 1 atom stereocenters. The highest BCUT2D eigenvalue weighted by Gasteiger charge is 2.16. The van der Waals surface area contributed by atoms with Crippen LogP contribution in [-0.2, 0) is 4.74 Å². The van der Waals surface area contributed by atoms with Crippen LogP contribution in [0, 0.1) is 0 Å². The molecule has 0 saturated heterocycles. The number of nitrogens with one attached hydrogen (secondary N) is 3. The molecule has 0 saturated carbocycles. The molecule has 5 nitrogen and oxygen atoms in total. The summed E-state index contributed by atoms with van der Waals surface area (Å²) < 4.78 is 5.17. The standard InChI is InChI=1S/C14H31N3O2/c1-11(15-8-9-17-13(2,3)4)10-16-12(18)19-14(5,6)7/h11,15,17H,8-10H2,1-7H3,(H,16,18). The topological polar surface area (TPSA) is 62.4 Å². The van der Waals surface area contributed by atoms with Gasteiger partial charge in [0.25, 0.3) is 0 Å². The Bertz CT molecular complexity index is 267. The van der Waals surface area contributed by atoms with Gasteiger partial charge in [0.05, 0.1) is 0 Å². The molecule has 0 aliphatic heterocycles. The van der Waals surface area contributed by atoms with E-state index < -0.39 is 5.60 Å². The summed E-state index contributed by atoms with van der Waals surface area (Å²) in [6.45, 7) is 16.3. The minimum absolute atomic E-state index is 0.139. The zero-order valence-corrected chi connectivity index (χ0v) is 13.5. The van der Waals surface area contributed by atoms with Crippen LogP contribution in [0.15, 0.2) is 0 Å². The molecule has 0 aromatic heterocycles. The second kappa shape index (κ2) is 7.70. The Morgan fingerprint density at radius 2 is 1.68 bits per heavy atom. The van der Waals surface area contributed by atoms with Gasteiger partial charge in [-0.25, -0.2) is 4.79 Å². The van der Waals surface area contributed by atoms with Crippen molar-refractivity contribution in [1.82, 2.24) is 16.0 Å². The predicted octanol–water partition coefficient (Wildman–Crippen LogP) is 1.88. The van der Waals surface area contributed by atoms with Gasteiger partial charge in [0.2, 0.25) is 0 Å². The van der Waals surface area contributed by atoms with Crippen molar-refractivity contribution < 1.29 is 9.53 Å². The molecule has 0 aromatic rings. The lowest BCUT2D eigenvalue weighted by molar-refractivity contribution is 0.0523. The van der Waals surface area contributed by atoms with Crippen LogP contribution in [0.5, 0.6) is 0 Å². The van der Waals surface area contributed by atoms with Gasteiger partial charge < -0.3 is 20.7 Å². The first-order valence-corrected chi connectivity index (χ1v) is 6.95. The molecule has 0 aliphatic carbocycles. The third-order valence-corrected chi connectivity index (χ3v) is 2.22. The second-order valence-corrected chi connectivity index (χ2v) is 6.91. The third-order valence-electron chi connectivity index (χ3n) is 2.22. The molecule has 1 unspecified atom stereocenters. The average molecular weight is 273 g/mol. The second-order valence-electron chi connectivity index (χ2n) is 6.91. The normalized spacial score (nSPS) is 14.1. The number of carbonyl (C=O) groups is 1. The smallest absolute Gasteiger partial charge is 0.407 e. The highest BCUT2D eigenvalue weighted by Crippen LogP contribution is 2.06. The largest absolute Gasteiger partial charge is 0.444 e. The molecule has 5 heteroatoms. The predicted molar refractivity (Wildman–Crippen MR) is 79.5 cm³/mol. The molecule has 0 aliphatic rings. The maximum absolute atomic E-state index is 11.5. The van der Waals surface area contributed by atoms with E-state index in [1.807, 2.05) is 27.7 Å². The highest BCUT2D eigenvalue weighted by atomic mass is 16.6. The number of alkyl carbamates (subject to hydrolysis) is 1. The van der Waals surface area contributed by atoms with E-state index in [0.29, 0.717) is 6.54 Å². The van der Waals surface area contributed by atoms with E-state index in [1.165, 1.54) is 0 Å². The zero-order valence-electron chi connectivity index (χ0n) is 13.5. The van der Waals surface area contributed by atoms with Gasteiger partial charge in [-0.15, -0.1) is 0 Å². The Hall–Kier alpha value is -0.810. The molecule has 0 fully saturated rings. The quantitative estimate of drug-likeness (QED) is 0.647. The fraction of sp³-hybridized carbons (Fsp3) is 0.929. The highest BCUT2D eigenvalue weighted by molar-refractivity contribution is 5.67. The summed E-state index contributed by atoms with van der Waals surface area (Å²) in [7, 11) is 0. The Labute approximate surface area is 117 Å². The molecule has 114 valence electrons. The van der Waals surface area contributed by atoms with Crippen molar-refractivity contribution in [3.8, 4) is 0 Å². The Morgan fingerprint density at radius 3 is 2.16 bits per heavy atom. The van der Waals surface area contributed by atoms with Crippen molar-refractivity contribution in [3.05, 3.63) is 0 Å². The number of hydrogen-bond donors (Lipinski definition) is 3. The summed E-state index contributed by atoms with van der Waals surface area (Å²) in [6, 6.07) is 0.217. The Kier molecular flexibility index (Phi) is 7.37. The third kappa shape index (κ3) is 13.4. The summed E-state index contributed by atoms with van der Waals surface area (Å²) in [6.07, 6.45) is -0.367. The number of ether oxygens (including phenoxy) is 1. The van der Waals surface area contributed by atoms with Gasteiger partial charge in [0.1, 0.15) is 5.60 Å². The van der Waals surface area contributed by atoms with Crippen LogP contribution < -0.4 is 16.0 Å². The molecule has 3 N–H and O–H groups in total. The van der Waals surface area contributed by atoms with E-state index in [0.717, 1.165) is 13.1 Å². The van der Waals surface area contributed by atoms with Crippen molar-refractivity contribution in [1.29, 1.82) is 0 Å². The van der Waals surface area contributed by atoms with Crippen molar-refractivity contribution in [2.75, 3.05) is 19.6 Å². The number of rotatable bonds is 6. The van der Waals surface area contributed by atoms with Gasteiger partial charge in [-0.3, -0.25) is 0 Å². The molecular weight excluding hydrogens is 242 g/mol. The van der Waals surface area contributed by atoms with Crippen LogP contribution in [0.25, 0.3) is 0 Å². The summed E-state index contributed by atoms with van der Waals surface area (Å²) >= 11 is 0.